The number of β-amino-alcohol motifs (C(OH)–C–C–N with tert-alkyl or cyclic N) is 1. The number of carbonyl (C=O) groups is 1. The first kappa shape index (κ1) is 10.9. The fraction of sp³-hybridized carbons (Fsp3) is 0.909. The molecule has 0 aromatic heterocycles. The minimum Gasteiger partial charge on any atom is -0.391 e. The summed E-state index contributed by atoms with van der Waals surface area (Å²) in [4.78, 5) is 14.2. The van der Waals surface area contributed by atoms with Crippen LogP contribution in [0.5, 0.6) is 0 Å². The summed E-state index contributed by atoms with van der Waals surface area (Å²) in [5.74, 6) is 0.242. The Morgan fingerprint density at radius 3 is 2.93 bits per heavy atom. The van der Waals surface area contributed by atoms with Crippen LogP contribution in [0.15, 0.2) is 0 Å². The van der Waals surface area contributed by atoms with Gasteiger partial charge in [0.05, 0.1) is 11.5 Å². The second-order valence-electron chi connectivity index (χ2n) is 4.75. The number of aliphatic hydroxyl groups is 1. The van der Waals surface area contributed by atoms with Crippen LogP contribution in [-0.2, 0) is 4.79 Å². The minimum atomic E-state index is -0.308. The highest BCUT2D eigenvalue weighted by molar-refractivity contribution is 5.83. The lowest BCUT2D eigenvalue weighted by molar-refractivity contribution is -0.140. The average molecular weight is 212 g/mol. The molecule has 0 bridgehead atoms. The quantitative estimate of drug-likeness (QED) is 0.676. The fourth-order valence-electron chi connectivity index (χ4n) is 2.64. The van der Waals surface area contributed by atoms with Crippen LogP contribution >= 0.6 is 0 Å². The van der Waals surface area contributed by atoms with Gasteiger partial charge in [0.15, 0.2) is 0 Å². The topological polar surface area (TPSA) is 52.6 Å². The maximum absolute atomic E-state index is 12.3. The monoisotopic (exact) mass is 212 g/mol. The van der Waals surface area contributed by atoms with Crippen molar-refractivity contribution in [3.8, 4) is 0 Å². The number of hydrogen-bond donors (Lipinski definition) is 2. The van der Waals surface area contributed by atoms with Crippen LogP contribution in [0.1, 0.15) is 26.2 Å². The zero-order valence-electron chi connectivity index (χ0n) is 9.33. The summed E-state index contributed by atoms with van der Waals surface area (Å²) >= 11 is 0. The molecule has 0 radical (unpaired) electrons. The maximum Gasteiger partial charge on any atom is 0.230 e. The summed E-state index contributed by atoms with van der Waals surface area (Å²) in [6.07, 6.45) is 2.26. The Morgan fingerprint density at radius 1 is 1.67 bits per heavy atom. The van der Waals surface area contributed by atoms with E-state index in [-0.39, 0.29) is 17.4 Å². The Morgan fingerprint density at radius 2 is 2.47 bits per heavy atom. The van der Waals surface area contributed by atoms with Gasteiger partial charge >= 0.3 is 0 Å². The fourth-order valence-corrected chi connectivity index (χ4v) is 2.64. The summed E-state index contributed by atoms with van der Waals surface area (Å²) in [6.45, 7) is 5.07. The molecule has 4 nitrogen and oxygen atoms in total. The molecule has 0 aliphatic carbocycles. The smallest absolute Gasteiger partial charge is 0.230 e. The number of aliphatic hydroxyl groups excluding tert-OH is 1. The Hall–Kier alpha value is -0.610. The van der Waals surface area contributed by atoms with E-state index in [0.717, 1.165) is 38.9 Å². The molecule has 2 rings (SSSR count). The van der Waals surface area contributed by atoms with Gasteiger partial charge in [-0.05, 0) is 25.8 Å². The highest BCUT2D eigenvalue weighted by Crippen LogP contribution is 2.32. The molecule has 1 unspecified atom stereocenters. The third-order valence-corrected chi connectivity index (χ3v) is 3.82. The van der Waals surface area contributed by atoms with Crippen LogP contribution in [0.2, 0.25) is 0 Å². The van der Waals surface area contributed by atoms with E-state index in [4.69, 9.17) is 0 Å². The first-order valence-electron chi connectivity index (χ1n) is 5.86. The van der Waals surface area contributed by atoms with Gasteiger partial charge in [-0.2, -0.15) is 0 Å². The van der Waals surface area contributed by atoms with Crippen molar-refractivity contribution in [2.24, 2.45) is 5.41 Å². The molecular formula is C11H20N2O2. The van der Waals surface area contributed by atoms with Crippen LogP contribution in [0.25, 0.3) is 0 Å². The van der Waals surface area contributed by atoms with Gasteiger partial charge in [0.1, 0.15) is 0 Å². The Balaban J connectivity index is 2.05. The Kier molecular flexibility index (Phi) is 2.98. The van der Waals surface area contributed by atoms with Gasteiger partial charge in [0, 0.05) is 19.6 Å². The molecule has 2 atom stereocenters. The Labute approximate surface area is 90.6 Å². The predicted molar refractivity (Wildman–Crippen MR) is 57.4 cm³/mol. The lowest BCUT2D eigenvalue weighted by atomic mass is 9.83. The number of carbonyl (C=O) groups excluding carboxylic acids is 1. The first-order chi connectivity index (χ1) is 7.18. The van der Waals surface area contributed by atoms with Crippen molar-refractivity contribution in [2.75, 3.05) is 26.2 Å². The standard InChI is InChI=1S/C11H20N2O2/c1-2-11(4-5-12-8-11)10(15)13-6-3-9(14)7-13/h9,12,14H,2-8H2,1H3/t9-,11?/m1/s1. The lowest BCUT2D eigenvalue weighted by Crippen LogP contribution is -2.44. The molecule has 2 fully saturated rings. The SMILES string of the molecule is CCC1(C(=O)N2CC[C@@H](O)C2)CCNC1. The molecule has 2 N–H and O–H groups in total. The van der Waals surface area contributed by atoms with Gasteiger partial charge < -0.3 is 15.3 Å². The van der Waals surface area contributed by atoms with Crippen molar-refractivity contribution < 1.29 is 9.90 Å². The van der Waals surface area contributed by atoms with E-state index in [1.54, 1.807) is 0 Å². The molecule has 2 aliphatic heterocycles. The molecule has 4 heteroatoms. The number of nitrogens with one attached hydrogen (secondary N) is 1. The van der Waals surface area contributed by atoms with E-state index in [1.165, 1.54) is 0 Å². The normalized spacial score (nSPS) is 36.1. The van der Waals surface area contributed by atoms with E-state index in [1.807, 2.05) is 4.90 Å². The van der Waals surface area contributed by atoms with Gasteiger partial charge in [-0.25, -0.2) is 0 Å². The zero-order valence-corrected chi connectivity index (χ0v) is 9.33. The van der Waals surface area contributed by atoms with Crippen molar-refractivity contribution in [3.63, 3.8) is 0 Å². The molecule has 15 heavy (non-hydrogen) atoms. The van der Waals surface area contributed by atoms with Crippen LogP contribution in [-0.4, -0.2) is 48.2 Å². The van der Waals surface area contributed by atoms with Crippen LogP contribution in [0.3, 0.4) is 0 Å². The number of nitrogens with zero attached hydrogens (tertiary/aromatic N) is 1. The summed E-state index contributed by atoms with van der Waals surface area (Å²) in [5, 5.41) is 12.7. The maximum atomic E-state index is 12.3. The zero-order chi connectivity index (χ0) is 10.9. The van der Waals surface area contributed by atoms with Gasteiger partial charge in [0.25, 0.3) is 0 Å². The highest BCUT2D eigenvalue weighted by atomic mass is 16.3. The predicted octanol–water partition coefficient (Wildman–Crippen LogP) is -0.0307. The molecule has 1 amide bonds. The molecular weight excluding hydrogens is 192 g/mol. The van der Waals surface area contributed by atoms with Crippen molar-refractivity contribution in [1.82, 2.24) is 10.2 Å². The van der Waals surface area contributed by atoms with Crippen LogP contribution < -0.4 is 5.32 Å². The molecule has 2 saturated heterocycles. The van der Waals surface area contributed by atoms with Gasteiger partial charge in [-0.1, -0.05) is 6.92 Å². The molecule has 2 aliphatic rings. The summed E-state index contributed by atoms with van der Waals surface area (Å²) in [6, 6.07) is 0. The van der Waals surface area contributed by atoms with E-state index < -0.39 is 0 Å². The summed E-state index contributed by atoms with van der Waals surface area (Å²) < 4.78 is 0. The molecule has 86 valence electrons. The van der Waals surface area contributed by atoms with Crippen molar-refractivity contribution in [3.05, 3.63) is 0 Å². The second-order valence-corrected chi connectivity index (χ2v) is 4.75. The Bertz CT molecular complexity index is 249. The summed E-state index contributed by atoms with van der Waals surface area (Å²) in [5.41, 5.74) is -0.190. The molecule has 0 spiro atoms. The van der Waals surface area contributed by atoms with Crippen LogP contribution in [0, 0.1) is 5.41 Å². The largest absolute Gasteiger partial charge is 0.391 e. The van der Waals surface area contributed by atoms with Gasteiger partial charge in [-0.15, -0.1) is 0 Å². The first-order valence-corrected chi connectivity index (χ1v) is 5.86. The molecule has 0 aromatic carbocycles. The van der Waals surface area contributed by atoms with E-state index >= 15 is 0 Å². The average Bonchev–Trinajstić information content (AvgIpc) is 2.86. The second kappa shape index (κ2) is 4.10. The van der Waals surface area contributed by atoms with E-state index in [2.05, 4.69) is 12.2 Å². The van der Waals surface area contributed by atoms with E-state index in [9.17, 15) is 9.90 Å². The van der Waals surface area contributed by atoms with Crippen molar-refractivity contribution in [2.45, 2.75) is 32.3 Å². The number of rotatable bonds is 2. The van der Waals surface area contributed by atoms with E-state index in [0.29, 0.717) is 6.54 Å². The number of likely N-dealkylation sites (tertiary alicyclic amines) is 1. The minimum absolute atomic E-state index is 0.190. The van der Waals surface area contributed by atoms with Crippen LogP contribution in [0.4, 0.5) is 0 Å². The number of amides is 1. The van der Waals surface area contributed by atoms with Gasteiger partial charge in [-0.3, -0.25) is 4.79 Å². The third kappa shape index (κ3) is 1.88. The van der Waals surface area contributed by atoms with Gasteiger partial charge in [0.2, 0.25) is 5.91 Å². The lowest BCUT2D eigenvalue weighted by Gasteiger charge is -2.30. The number of hydrogen-bond acceptors (Lipinski definition) is 3. The molecule has 0 aromatic rings. The summed E-state index contributed by atoms with van der Waals surface area (Å²) in [7, 11) is 0. The van der Waals surface area contributed by atoms with Crippen molar-refractivity contribution in [1.29, 1.82) is 0 Å². The van der Waals surface area contributed by atoms with Crippen molar-refractivity contribution >= 4 is 5.91 Å². The molecule has 2 heterocycles. The molecule has 0 saturated carbocycles. The third-order valence-electron chi connectivity index (χ3n) is 3.82. The highest BCUT2D eigenvalue weighted by Gasteiger charge is 2.43.